The average Bonchev–Trinajstić information content (AvgIpc) is 2.03. The quantitative estimate of drug-likeness (QED) is 0.563. The van der Waals surface area contributed by atoms with Gasteiger partial charge in [0.2, 0.25) is 0 Å². The summed E-state index contributed by atoms with van der Waals surface area (Å²) in [4.78, 5) is 0. The lowest BCUT2D eigenvalue weighted by Crippen LogP contribution is -2.06. The predicted octanol–water partition coefficient (Wildman–Crippen LogP) is 2.71. The molecule has 0 aromatic carbocycles. The summed E-state index contributed by atoms with van der Waals surface area (Å²) in [5.74, 6) is 0. The summed E-state index contributed by atoms with van der Waals surface area (Å²) in [6, 6.07) is 0. The van der Waals surface area contributed by atoms with Crippen LogP contribution in [0.3, 0.4) is 0 Å². The fourth-order valence-electron chi connectivity index (χ4n) is 0.791. The monoisotopic (exact) mass is 152 g/mol. The lowest BCUT2D eigenvalue weighted by atomic mass is 10.1. The fourth-order valence-corrected chi connectivity index (χ4v) is 0.791. The Morgan fingerprint density at radius 2 is 2.18 bits per heavy atom. The molecule has 0 amide bonds. The van der Waals surface area contributed by atoms with Gasteiger partial charge in [-0.25, -0.2) is 0 Å². The van der Waals surface area contributed by atoms with Crippen LogP contribution in [0.25, 0.3) is 0 Å². The highest BCUT2D eigenvalue weighted by molar-refractivity contribution is 5.25. The van der Waals surface area contributed by atoms with Gasteiger partial charge in [0.25, 0.3) is 0 Å². The molecule has 0 saturated carbocycles. The van der Waals surface area contributed by atoms with Crippen molar-refractivity contribution in [2.24, 2.45) is 0 Å². The van der Waals surface area contributed by atoms with Crippen LogP contribution >= 0.6 is 0 Å². The van der Waals surface area contributed by atoms with E-state index in [4.69, 9.17) is 4.74 Å². The second kappa shape index (κ2) is 5.93. The van der Waals surface area contributed by atoms with Crippen LogP contribution in [0.4, 0.5) is 0 Å². The lowest BCUT2D eigenvalue weighted by Gasteiger charge is -2.09. The first-order valence-electron chi connectivity index (χ1n) is 3.74. The number of ether oxygens (including phenoxy) is 1. The summed E-state index contributed by atoms with van der Waals surface area (Å²) < 4.78 is 5.15. The van der Waals surface area contributed by atoms with Crippen molar-refractivity contribution in [1.29, 1.82) is 0 Å². The molecule has 0 aliphatic rings. The highest BCUT2D eigenvalue weighted by atomic mass is 16.5. The molecule has 0 saturated heterocycles. The van der Waals surface area contributed by atoms with Gasteiger partial charge >= 0.3 is 0 Å². The molecule has 1 heteroatoms. The molecule has 11 heavy (non-hydrogen) atoms. The molecule has 0 radical (unpaired) electrons. The molecule has 0 rings (SSSR count). The first kappa shape index (κ1) is 10.2. The number of methoxy groups -OCH3 is 1. The summed E-state index contributed by atoms with van der Waals surface area (Å²) in [5.41, 5.74) is 1.14. The van der Waals surface area contributed by atoms with E-state index in [-0.39, 0.29) is 6.10 Å². The third-order valence-corrected chi connectivity index (χ3v) is 1.49. The maximum atomic E-state index is 5.15. The van der Waals surface area contributed by atoms with Crippen LogP contribution in [0.1, 0.15) is 13.8 Å². The van der Waals surface area contributed by atoms with Gasteiger partial charge in [-0.15, -0.1) is 0 Å². The molecule has 0 spiro atoms. The third kappa shape index (κ3) is 3.79. The molecule has 0 aromatic rings. The van der Waals surface area contributed by atoms with Crippen LogP contribution < -0.4 is 0 Å². The average molecular weight is 152 g/mol. The molecule has 0 aliphatic heterocycles. The largest absolute Gasteiger partial charge is 0.377 e. The van der Waals surface area contributed by atoms with Gasteiger partial charge in [0.1, 0.15) is 0 Å². The smallest absolute Gasteiger partial charge is 0.0792 e. The second-order valence-electron chi connectivity index (χ2n) is 2.28. The first-order chi connectivity index (χ1) is 5.26. The van der Waals surface area contributed by atoms with E-state index in [2.05, 4.69) is 6.58 Å². The van der Waals surface area contributed by atoms with E-state index in [9.17, 15) is 0 Å². The van der Waals surface area contributed by atoms with Gasteiger partial charge in [-0.1, -0.05) is 30.9 Å². The van der Waals surface area contributed by atoms with Gasteiger partial charge in [-0.05, 0) is 19.4 Å². The lowest BCUT2D eigenvalue weighted by molar-refractivity contribution is 0.149. The molecule has 0 bridgehead atoms. The predicted molar refractivity (Wildman–Crippen MR) is 49.6 cm³/mol. The standard InChI is InChI=1S/C10H16O/c1-5-7-10(8-6-2)9(3)11-4/h5-9H,1H2,2-4H3/b8-6-,10-7+. The van der Waals surface area contributed by atoms with Crippen molar-refractivity contribution in [3.05, 3.63) is 36.5 Å². The molecule has 1 nitrogen and oxygen atoms in total. The minimum Gasteiger partial charge on any atom is -0.377 e. The van der Waals surface area contributed by atoms with Crippen molar-refractivity contribution in [2.75, 3.05) is 7.11 Å². The SMILES string of the molecule is C=C/C=C(\C=C/C)C(C)OC. The zero-order chi connectivity index (χ0) is 8.69. The summed E-state index contributed by atoms with van der Waals surface area (Å²) in [5, 5.41) is 0. The Balaban J connectivity index is 4.32. The Kier molecular flexibility index (Phi) is 5.49. The molecule has 0 aliphatic carbocycles. The zero-order valence-electron chi connectivity index (χ0n) is 7.50. The van der Waals surface area contributed by atoms with Crippen LogP contribution in [0.15, 0.2) is 36.5 Å². The minimum atomic E-state index is 0.143. The molecule has 0 fully saturated rings. The summed E-state index contributed by atoms with van der Waals surface area (Å²) in [6.45, 7) is 7.63. The summed E-state index contributed by atoms with van der Waals surface area (Å²) >= 11 is 0. The van der Waals surface area contributed by atoms with Crippen LogP contribution in [-0.2, 0) is 4.74 Å². The number of hydrogen-bond donors (Lipinski definition) is 0. The van der Waals surface area contributed by atoms with Gasteiger partial charge in [0.15, 0.2) is 0 Å². The molecule has 0 N–H and O–H groups in total. The van der Waals surface area contributed by atoms with Crippen molar-refractivity contribution in [3.8, 4) is 0 Å². The van der Waals surface area contributed by atoms with E-state index in [1.54, 1.807) is 13.2 Å². The highest BCUT2D eigenvalue weighted by Gasteiger charge is 2.01. The molecule has 1 atom stereocenters. The van der Waals surface area contributed by atoms with Crippen molar-refractivity contribution in [3.63, 3.8) is 0 Å². The highest BCUT2D eigenvalue weighted by Crippen LogP contribution is 2.06. The fraction of sp³-hybridized carbons (Fsp3) is 0.400. The van der Waals surface area contributed by atoms with Gasteiger partial charge in [0.05, 0.1) is 6.10 Å². The number of rotatable bonds is 4. The molecule has 1 unspecified atom stereocenters. The van der Waals surface area contributed by atoms with Crippen molar-refractivity contribution >= 4 is 0 Å². The van der Waals surface area contributed by atoms with Gasteiger partial charge < -0.3 is 4.74 Å². The van der Waals surface area contributed by atoms with E-state index in [0.717, 1.165) is 5.57 Å². The van der Waals surface area contributed by atoms with Gasteiger partial charge in [-0.3, -0.25) is 0 Å². The Bertz CT molecular complexity index is 166. The van der Waals surface area contributed by atoms with Gasteiger partial charge in [-0.2, -0.15) is 0 Å². The number of allylic oxidation sites excluding steroid dienone is 3. The Morgan fingerprint density at radius 1 is 1.55 bits per heavy atom. The molecular weight excluding hydrogens is 136 g/mol. The normalized spacial score (nSPS) is 15.4. The van der Waals surface area contributed by atoms with Crippen molar-refractivity contribution < 1.29 is 4.74 Å². The van der Waals surface area contributed by atoms with E-state index >= 15 is 0 Å². The van der Waals surface area contributed by atoms with E-state index < -0.39 is 0 Å². The zero-order valence-corrected chi connectivity index (χ0v) is 7.50. The maximum Gasteiger partial charge on any atom is 0.0792 e. The van der Waals surface area contributed by atoms with E-state index in [1.165, 1.54) is 0 Å². The molecule has 0 aromatic heterocycles. The van der Waals surface area contributed by atoms with Crippen LogP contribution in [0, 0.1) is 0 Å². The first-order valence-corrected chi connectivity index (χ1v) is 3.74. The Morgan fingerprint density at radius 3 is 2.55 bits per heavy atom. The molecule has 62 valence electrons. The number of hydrogen-bond acceptors (Lipinski definition) is 1. The van der Waals surface area contributed by atoms with Crippen LogP contribution in [0.2, 0.25) is 0 Å². The Labute approximate surface area is 69.1 Å². The van der Waals surface area contributed by atoms with E-state index in [0.29, 0.717) is 0 Å². The second-order valence-corrected chi connectivity index (χ2v) is 2.28. The van der Waals surface area contributed by atoms with E-state index in [1.807, 2.05) is 32.1 Å². The summed E-state index contributed by atoms with van der Waals surface area (Å²) in [6.07, 6.45) is 7.88. The topological polar surface area (TPSA) is 9.23 Å². The van der Waals surface area contributed by atoms with Crippen LogP contribution in [0.5, 0.6) is 0 Å². The van der Waals surface area contributed by atoms with Crippen molar-refractivity contribution in [2.45, 2.75) is 20.0 Å². The Hall–Kier alpha value is -0.820. The molecular formula is C10H16O. The van der Waals surface area contributed by atoms with Crippen molar-refractivity contribution in [1.82, 2.24) is 0 Å². The van der Waals surface area contributed by atoms with Crippen LogP contribution in [-0.4, -0.2) is 13.2 Å². The third-order valence-electron chi connectivity index (χ3n) is 1.49. The summed E-state index contributed by atoms with van der Waals surface area (Å²) in [7, 11) is 1.70. The van der Waals surface area contributed by atoms with Gasteiger partial charge in [0, 0.05) is 7.11 Å². The minimum absolute atomic E-state index is 0.143. The maximum absolute atomic E-state index is 5.15. The molecule has 0 heterocycles.